The van der Waals surface area contributed by atoms with Crippen LogP contribution in [0.15, 0.2) is 82.9 Å². The van der Waals surface area contributed by atoms with Crippen LogP contribution in [0, 0.1) is 6.92 Å². The van der Waals surface area contributed by atoms with Crippen LogP contribution in [0.5, 0.6) is 11.5 Å². The molecule has 2 amide bonds. The molecule has 0 unspecified atom stereocenters. The molecule has 3 aromatic carbocycles. The number of aliphatic imine (C=N–C) groups is 1. The number of hydrazone groups is 1. The highest BCUT2D eigenvalue weighted by Crippen LogP contribution is 2.39. The zero-order chi connectivity index (χ0) is 26.6. The third kappa shape index (κ3) is 5.57. The molecule has 38 heavy (non-hydrogen) atoms. The number of hydrogen-bond donors (Lipinski definition) is 1. The van der Waals surface area contributed by atoms with Crippen LogP contribution in [0.1, 0.15) is 35.6 Å². The number of amides is 2. The molecule has 2 heterocycles. The molecule has 0 fully saturated rings. The fraction of sp³-hybridized carbons (Fsp3) is 0.241. The lowest BCUT2D eigenvalue weighted by Crippen LogP contribution is -2.25. The quantitative estimate of drug-likeness (QED) is 0.454. The van der Waals surface area contributed by atoms with Gasteiger partial charge in [0.1, 0.15) is 16.7 Å². The molecular weight excluding hydrogens is 500 g/mol. The summed E-state index contributed by atoms with van der Waals surface area (Å²) in [5, 5.41) is 9.47. The maximum Gasteiger partial charge on any atom is 0.262 e. The number of thioether (sulfide) groups is 1. The molecule has 0 bridgehead atoms. The van der Waals surface area contributed by atoms with E-state index in [2.05, 4.69) is 10.3 Å². The largest absolute Gasteiger partial charge is 0.497 e. The number of rotatable bonds is 7. The van der Waals surface area contributed by atoms with E-state index < -0.39 is 5.25 Å². The highest BCUT2D eigenvalue weighted by Gasteiger charge is 2.39. The van der Waals surface area contributed by atoms with Crippen LogP contribution in [-0.2, 0) is 9.59 Å². The lowest BCUT2D eigenvalue weighted by atomic mass is 9.98. The molecule has 194 valence electrons. The monoisotopic (exact) mass is 528 g/mol. The Kier molecular flexibility index (Phi) is 7.46. The zero-order valence-corrected chi connectivity index (χ0v) is 22.2. The Morgan fingerprint density at radius 1 is 1.03 bits per heavy atom. The summed E-state index contributed by atoms with van der Waals surface area (Å²) in [6, 6.07) is 23.0. The molecule has 2 aliphatic rings. The first-order chi connectivity index (χ1) is 18.4. The fourth-order valence-electron chi connectivity index (χ4n) is 4.44. The van der Waals surface area contributed by atoms with Gasteiger partial charge in [-0.05, 0) is 72.1 Å². The van der Waals surface area contributed by atoms with Gasteiger partial charge in [-0.3, -0.25) is 9.59 Å². The summed E-state index contributed by atoms with van der Waals surface area (Å²) in [7, 11) is 3.26. The Hall–Kier alpha value is -4.11. The molecule has 0 spiro atoms. The van der Waals surface area contributed by atoms with Crippen LogP contribution >= 0.6 is 11.8 Å². The van der Waals surface area contributed by atoms with Gasteiger partial charge in [-0.25, -0.2) is 5.01 Å². The van der Waals surface area contributed by atoms with E-state index in [1.54, 1.807) is 14.2 Å². The maximum absolute atomic E-state index is 12.8. The van der Waals surface area contributed by atoms with E-state index in [0.717, 1.165) is 33.9 Å². The second-order valence-electron chi connectivity index (χ2n) is 9.07. The summed E-state index contributed by atoms with van der Waals surface area (Å²) in [6.07, 6.45) is 0.658. The average Bonchev–Trinajstić information content (AvgIpc) is 3.52. The molecule has 0 aliphatic carbocycles. The number of aryl methyl sites for hydroxylation is 1. The van der Waals surface area contributed by atoms with Gasteiger partial charge in [0.05, 0.1) is 26.0 Å². The van der Waals surface area contributed by atoms with E-state index in [1.807, 2.05) is 84.7 Å². The van der Waals surface area contributed by atoms with Gasteiger partial charge < -0.3 is 14.8 Å². The number of ether oxygens (including phenoxy) is 2. The van der Waals surface area contributed by atoms with Crippen molar-refractivity contribution in [3.8, 4) is 11.5 Å². The van der Waals surface area contributed by atoms with Crippen LogP contribution in [-0.4, -0.2) is 47.2 Å². The normalized spacial score (nSPS) is 18.7. The van der Waals surface area contributed by atoms with E-state index >= 15 is 0 Å². The molecule has 0 saturated heterocycles. The van der Waals surface area contributed by atoms with Crippen molar-refractivity contribution in [3.05, 3.63) is 89.5 Å². The molecule has 5 rings (SSSR count). The first kappa shape index (κ1) is 25.5. The highest BCUT2D eigenvalue weighted by atomic mass is 32.2. The maximum atomic E-state index is 12.8. The highest BCUT2D eigenvalue weighted by molar-refractivity contribution is 8.15. The molecule has 0 saturated carbocycles. The third-order valence-corrected chi connectivity index (χ3v) is 7.57. The molecule has 0 aromatic heterocycles. The van der Waals surface area contributed by atoms with Crippen LogP contribution in [0.3, 0.4) is 0 Å². The minimum Gasteiger partial charge on any atom is -0.497 e. The van der Waals surface area contributed by atoms with E-state index in [4.69, 9.17) is 14.6 Å². The van der Waals surface area contributed by atoms with Gasteiger partial charge in [0.15, 0.2) is 5.17 Å². The molecular formula is C29H28N4O4S. The van der Waals surface area contributed by atoms with Crippen LogP contribution in [0.4, 0.5) is 5.69 Å². The van der Waals surface area contributed by atoms with E-state index in [9.17, 15) is 9.59 Å². The Bertz CT molecular complexity index is 1400. The number of benzene rings is 3. The molecule has 2 aliphatic heterocycles. The average molecular weight is 529 g/mol. The van der Waals surface area contributed by atoms with Gasteiger partial charge in [-0.15, -0.1) is 0 Å². The molecule has 3 aromatic rings. The minimum absolute atomic E-state index is 0.0283. The Morgan fingerprint density at radius 2 is 1.71 bits per heavy atom. The number of carbonyl (C=O) groups excluding carboxylic acids is 2. The molecule has 9 heteroatoms. The number of nitrogens with zero attached hydrogens (tertiary/aromatic N) is 3. The van der Waals surface area contributed by atoms with E-state index in [0.29, 0.717) is 17.3 Å². The summed E-state index contributed by atoms with van der Waals surface area (Å²) < 4.78 is 10.6. The van der Waals surface area contributed by atoms with Crippen molar-refractivity contribution in [1.82, 2.24) is 5.01 Å². The number of anilines is 1. The molecule has 1 N–H and O–H groups in total. The van der Waals surface area contributed by atoms with Crippen LogP contribution < -0.4 is 14.8 Å². The smallest absolute Gasteiger partial charge is 0.262 e. The number of methoxy groups -OCH3 is 2. The van der Waals surface area contributed by atoms with Crippen molar-refractivity contribution in [2.24, 2.45) is 10.1 Å². The predicted octanol–water partition coefficient (Wildman–Crippen LogP) is 5.19. The number of carbonyl (C=O) groups is 2. The number of amidine groups is 1. The Labute approximate surface area is 225 Å². The van der Waals surface area contributed by atoms with Crippen molar-refractivity contribution in [1.29, 1.82) is 0 Å². The first-order valence-corrected chi connectivity index (χ1v) is 13.1. The van der Waals surface area contributed by atoms with Crippen molar-refractivity contribution >= 4 is 40.1 Å². The topological polar surface area (TPSA) is 92.6 Å². The molecule has 0 radical (unpaired) electrons. The van der Waals surface area contributed by atoms with Crippen molar-refractivity contribution in [2.75, 3.05) is 19.5 Å². The van der Waals surface area contributed by atoms with E-state index in [1.165, 1.54) is 11.8 Å². The lowest BCUT2D eigenvalue weighted by Gasteiger charge is -2.23. The minimum atomic E-state index is -0.605. The summed E-state index contributed by atoms with van der Waals surface area (Å²) in [4.78, 5) is 29.9. The number of nitrogens with one attached hydrogen (secondary N) is 1. The van der Waals surface area contributed by atoms with Gasteiger partial charge in [0, 0.05) is 18.5 Å². The van der Waals surface area contributed by atoms with Gasteiger partial charge in [-0.2, -0.15) is 10.1 Å². The van der Waals surface area contributed by atoms with Crippen molar-refractivity contribution in [3.63, 3.8) is 0 Å². The summed E-state index contributed by atoms with van der Waals surface area (Å²) in [5.41, 5.74) is 4.62. The second kappa shape index (κ2) is 11.1. The summed E-state index contributed by atoms with van der Waals surface area (Å²) in [6.45, 7) is 1.96. The standard InChI is InChI=1S/C29H28N4O4S/c1-18-5-4-6-21(15-18)30-27(34)17-26-28(35)31-29(38-26)33-25(20-9-13-23(37-3)14-10-20)16-24(32-33)19-7-11-22(36-2)12-8-19/h4-15,25-26H,16-17H2,1-3H3,(H,30,34)/t25-,26-/m1/s1. The first-order valence-electron chi connectivity index (χ1n) is 12.2. The summed E-state index contributed by atoms with van der Waals surface area (Å²) in [5.74, 6) is 0.973. The predicted molar refractivity (Wildman–Crippen MR) is 150 cm³/mol. The van der Waals surface area contributed by atoms with Crippen molar-refractivity contribution < 1.29 is 19.1 Å². The van der Waals surface area contributed by atoms with Crippen LogP contribution in [0.2, 0.25) is 0 Å². The fourth-order valence-corrected chi connectivity index (χ4v) is 5.50. The van der Waals surface area contributed by atoms with Crippen LogP contribution in [0.25, 0.3) is 0 Å². The summed E-state index contributed by atoms with van der Waals surface area (Å²) >= 11 is 1.28. The van der Waals surface area contributed by atoms with Gasteiger partial charge >= 0.3 is 0 Å². The van der Waals surface area contributed by atoms with Gasteiger partial charge in [-0.1, -0.05) is 36.0 Å². The molecule has 8 nitrogen and oxygen atoms in total. The Balaban J connectivity index is 1.36. The van der Waals surface area contributed by atoms with Gasteiger partial charge in [0.2, 0.25) is 5.91 Å². The van der Waals surface area contributed by atoms with Gasteiger partial charge in [0.25, 0.3) is 5.91 Å². The molecule has 2 atom stereocenters. The Morgan fingerprint density at radius 3 is 2.37 bits per heavy atom. The zero-order valence-electron chi connectivity index (χ0n) is 21.4. The number of hydrogen-bond acceptors (Lipinski definition) is 7. The third-order valence-electron chi connectivity index (χ3n) is 6.43. The lowest BCUT2D eigenvalue weighted by molar-refractivity contribution is -0.121. The SMILES string of the molecule is COc1ccc(C2=NN(C3=NC(=O)[C@@H](CC(=O)Nc4cccc(C)c4)S3)[C@@H](c3ccc(OC)cc3)C2)cc1. The second-order valence-corrected chi connectivity index (χ2v) is 10.2. The van der Waals surface area contributed by atoms with Crippen molar-refractivity contribution in [2.45, 2.75) is 31.1 Å². The van der Waals surface area contributed by atoms with E-state index in [-0.39, 0.29) is 24.3 Å².